The van der Waals surface area contributed by atoms with Crippen LogP contribution in [-0.4, -0.2) is 43.3 Å². The Morgan fingerprint density at radius 1 is 1.52 bits per heavy atom. The second kappa shape index (κ2) is 6.40. The minimum atomic E-state index is -1.44. The van der Waals surface area contributed by atoms with Gasteiger partial charge in [-0.1, -0.05) is 12.2 Å². The van der Waals surface area contributed by atoms with E-state index in [9.17, 15) is 14.4 Å². The third-order valence-corrected chi connectivity index (χ3v) is 4.13. The van der Waals surface area contributed by atoms with Crippen LogP contribution in [0.15, 0.2) is 23.1 Å². The smallest absolute Gasteiger partial charge is 0.320 e. The molecule has 2 aromatic rings. The highest BCUT2D eigenvalue weighted by atomic mass is 16.4. The molecule has 0 aromatic carbocycles. The molecule has 0 fully saturated rings. The number of aliphatic carboxylic acids is 1. The summed E-state index contributed by atoms with van der Waals surface area (Å²) in [5.74, 6) is -1.18. The molecular weight excluding hydrogens is 328 g/mol. The molecule has 2 aromatic heterocycles. The zero-order valence-corrected chi connectivity index (χ0v) is 13.1. The first kappa shape index (κ1) is 16.7. The molecule has 3 rings (SSSR count). The first-order valence-corrected chi connectivity index (χ1v) is 7.57. The van der Waals surface area contributed by atoms with Gasteiger partial charge in [-0.15, -0.1) is 0 Å². The van der Waals surface area contributed by atoms with E-state index in [1.165, 1.54) is 12.3 Å². The number of carbonyl (C=O) groups excluding carboxylic acids is 1. The Morgan fingerprint density at radius 3 is 2.96 bits per heavy atom. The van der Waals surface area contributed by atoms with E-state index in [-0.39, 0.29) is 29.6 Å². The monoisotopic (exact) mass is 344 g/mol. The van der Waals surface area contributed by atoms with Crippen LogP contribution in [0.4, 0.5) is 5.95 Å². The summed E-state index contributed by atoms with van der Waals surface area (Å²) in [5.41, 5.74) is 4.34. The number of hydrogen-bond donors (Lipinski definition) is 4. The lowest BCUT2D eigenvalue weighted by Gasteiger charge is -2.27. The Hall–Kier alpha value is -3.14. The number of carboxylic acids is 1. The van der Waals surface area contributed by atoms with Gasteiger partial charge in [0.05, 0.1) is 11.9 Å². The lowest BCUT2D eigenvalue weighted by molar-refractivity contribution is -0.148. The topological polar surface area (TPSA) is 164 Å². The lowest BCUT2D eigenvalue weighted by Crippen LogP contribution is -2.38. The van der Waals surface area contributed by atoms with E-state index >= 15 is 0 Å². The van der Waals surface area contributed by atoms with Crippen molar-refractivity contribution in [2.45, 2.75) is 25.4 Å². The third-order valence-electron chi connectivity index (χ3n) is 4.13. The van der Waals surface area contributed by atoms with E-state index in [0.29, 0.717) is 24.9 Å². The van der Waals surface area contributed by atoms with E-state index < -0.39 is 16.9 Å². The summed E-state index contributed by atoms with van der Waals surface area (Å²) in [7, 11) is 0. The largest absolute Gasteiger partial charge is 0.480 e. The van der Waals surface area contributed by atoms with Gasteiger partial charge >= 0.3 is 5.97 Å². The Balaban J connectivity index is 1.72. The molecule has 1 aliphatic rings. The van der Waals surface area contributed by atoms with Crippen molar-refractivity contribution in [1.29, 1.82) is 0 Å². The van der Waals surface area contributed by atoms with Gasteiger partial charge in [0.15, 0.2) is 11.2 Å². The van der Waals surface area contributed by atoms with Gasteiger partial charge in [0.2, 0.25) is 5.95 Å². The molecule has 0 bridgehead atoms. The second-order valence-corrected chi connectivity index (χ2v) is 5.83. The summed E-state index contributed by atoms with van der Waals surface area (Å²) in [5, 5.41) is 12.3. The van der Waals surface area contributed by atoms with Crippen molar-refractivity contribution in [2.24, 2.45) is 5.41 Å². The molecule has 0 saturated carbocycles. The Bertz CT molecular complexity index is 924. The number of nitrogens with two attached hydrogens (primary N) is 1. The van der Waals surface area contributed by atoms with Crippen molar-refractivity contribution in [1.82, 2.24) is 25.3 Å². The van der Waals surface area contributed by atoms with E-state index in [4.69, 9.17) is 10.8 Å². The van der Waals surface area contributed by atoms with Crippen molar-refractivity contribution >= 4 is 29.4 Å². The van der Waals surface area contributed by atoms with Crippen molar-refractivity contribution < 1.29 is 14.7 Å². The summed E-state index contributed by atoms with van der Waals surface area (Å²) in [6.07, 6.45) is 5.72. The number of aromatic amines is 1. The fraction of sp³-hybridized carbons (Fsp3) is 0.333. The van der Waals surface area contributed by atoms with Crippen molar-refractivity contribution in [3.05, 3.63) is 34.4 Å². The van der Waals surface area contributed by atoms with Crippen LogP contribution in [0, 0.1) is 5.41 Å². The Labute approximate surface area is 141 Å². The minimum Gasteiger partial charge on any atom is -0.480 e. The van der Waals surface area contributed by atoms with E-state index in [2.05, 4.69) is 25.3 Å². The average molecular weight is 344 g/mol. The van der Waals surface area contributed by atoms with Crippen LogP contribution in [-0.2, 0) is 16.1 Å². The Kier molecular flexibility index (Phi) is 4.28. The fourth-order valence-corrected chi connectivity index (χ4v) is 2.65. The molecule has 2 unspecified atom stereocenters. The molecular formula is C15H16N6O4. The number of nitrogen functional groups attached to an aromatic ring is 1. The van der Waals surface area contributed by atoms with Crippen molar-refractivity contribution in [3.8, 4) is 0 Å². The molecule has 1 aliphatic carbocycles. The van der Waals surface area contributed by atoms with Gasteiger partial charge < -0.3 is 21.0 Å². The highest BCUT2D eigenvalue weighted by Crippen LogP contribution is 2.29. The summed E-state index contributed by atoms with van der Waals surface area (Å²) in [6.45, 7) is 0.322. The van der Waals surface area contributed by atoms with Crippen LogP contribution >= 0.6 is 0 Å². The molecule has 0 spiro atoms. The van der Waals surface area contributed by atoms with E-state index in [1.54, 1.807) is 6.08 Å². The van der Waals surface area contributed by atoms with Gasteiger partial charge in [0.1, 0.15) is 11.7 Å². The number of carbonyl (C=O) groups is 2. The zero-order valence-electron chi connectivity index (χ0n) is 13.1. The highest BCUT2D eigenvalue weighted by Gasteiger charge is 2.38. The third kappa shape index (κ3) is 3.24. The van der Waals surface area contributed by atoms with Gasteiger partial charge in [-0.25, -0.2) is 9.97 Å². The van der Waals surface area contributed by atoms with Gasteiger partial charge in [0.25, 0.3) is 5.56 Å². The summed E-state index contributed by atoms with van der Waals surface area (Å²) in [6, 6.07) is -0.104. The molecule has 10 heteroatoms. The molecule has 2 atom stereocenters. The number of rotatable bonds is 5. The summed E-state index contributed by atoms with van der Waals surface area (Å²) >= 11 is 0. The average Bonchev–Trinajstić information content (AvgIpc) is 2.60. The molecule has 25 heavy (non-hydrogen) atoms. The van der Waals surface area contributed by atoms with E-state index in [1.807, 2.05) is 0 Å². The maximum Gasteiger partial charge on any atom is 0.320 e. The number of hydrogen-bond acceptors (Lipinski definition) is 8. The molecule has 0 aliphatic heterocycles. The predicted octanol–water partition coefficient (Wildman–Crippen LogP) is -0.627. The number of aldehydes is 1. The maximum atomic E-state index is 11.8. The fourth-order valence-electron chi connectivity index (χ4n) is 2.65. The van der Waals surface area contributed by atoms with E-state index in [0.717, 1.165) is 0 Å². The molecule has 0 amide bonds. The molecule has 10 nitrogen and oxygen atoms in total. The highest BCUT2D eigenvalue weighted by molar-refractivity contribution is 5.94. The molecule has 2 heterocycles. The van der Waals surface area contributed by atoms with Crippen LogP contribution in [0.25, 0.3) is 11.2 Å². The lowest BCUT2D eigenvalue weighted by atomic mass is 9.79. The number of H-pyrrole nitrogens is 1. The number of carboxylic acid groups (broad SMARTS) is 1. The van der Waals surface area contributed by atoms with Crippen LogP contribution in [0.3, 0.4) is 0 Å². The normalized spacial score (nSPS) is 22.8. The van der Waals surface area contributed by atoms with Crippen LogP contribution in [0.5, 0.6) is 0 Å². The second-order valence-electron chi connectivity index (χ2n) is 5.83. The predicted molar refractivity (Wildman–Crippen MR) is 87.5 cm³/mol. The standard InChI is InChI=1S/C15H16N6O4/c16-14-20-11-10(12(23)21-14)19-9(6-18-11)5-17-8-1-3-15(7-22,4-2-8)13(24)25/h1,3,6-8,17H,2,4-5H2,(H,24,25)(H3,16,18,20,21,23). The molecule has 130 valence electrons. The van der Waals surface area contributed by atoms with Crippen LogP contribution in [0.1, 0.15) is 18.5 Å². The van der Waals surface area contributed by atoms with Crippen LogP contribution < -0.4 is 16.6 Å². The minimum absolute atomic E-state index is 0.0258. The van der Waals surface area contributed by atoms with Gasteiger partial charge in [0, 0.05) is 12.6 Å². The number of nitrogens with zero attached hydrogens (tertiary/aromatic N) is 3. The van der Waals surface area contributed by atoms with Crippen LogP contribution in [0.2, 0.25) is 0 Å². The SMILES string of the molecule is Nc1nc2ncc(CNC3C=CC(C=O)(C(=O)O)CC3)nc2c(=O)[nH]1. The first-order valence-electron chi connectivity index (χ1n) is 7.57. The number of anilines is 1. The number of fused-ring (bicyclic) bond motifs is 1. The maximum absolute atomic E-state index is 11.8. The Morgan fingerprint density at radius 2 is 2.32 bits per heavy atom. The summed E-state index contributed by atoms with van der Waals surface area (Å²) < 4.78 is 0. The summed E-state index contributed by atoms with van der Waals surface area (Å²) in [4.78, 5) is 48.6. The van der Waals surface area contributed by atoms with Crippen molar-refractivity contribution in [2.75, 3.05) is 5.73 Å². The van der Waals surface area contributed by atoms with Gasteiger partial charge in [-0.3, -0.25) is 14.6 Å². The zero-order chi connectivity index (χ0) is 18.0. The quantitative estimate of drug-likeness (QED) is 0.314. The number of aromatic nitrogens is 4. The van der Waals surface area contributed by atoms with Gasteiger partial charge in [-0.2, -0.15) is 4.98 Å². The molecule has 0 saturated heterocycles. The molecule has 5 N–H and O–H groups in total. The first-order chi connectivity index (χ1) is 11.9. The number of nitrogens with one attached hydrogen (secondary N) is 2. The van der Waals surface area contributed by atoms with Crippen molar-refractivity contribution in [3.63, 3.8) is 0 Å². The molecule has 0 radical (unpaired) electrons. The van der Waals surface area contributed by atoms with Gasteiger partial charge in [-0.05, 0) is 12.8 Å².